The van der Waals surface area contributed by atoms with Crippen LogP contribution >= 0.6 is 0 Å². The second-order valence-corrected chi connectivity index (χ2v) is 7.11. The predicted molar refractivity (Wildman–Crippen MR) is 92.5 cm³/mol. The quantitative estimate of drug-likeness (QED) is 0.874. The van der Waals surface area contributed by atoms with Crippen LogP contribution in [-0.2, 0) is 11.3 Å². The van der Waals surface area contributed by atoms with Crippen molar-refractivity contribution in [2.45, 2.75) is 58.1 Å². The molecule has 3 rings (SSSR count). The van der Waals surface area contributed by atoms with E-state index in [1.165, 1.54) is 58.2 Å². The summed E-state index contributed by atoms with van der Waals surface area (Å²) in [6.07, 6.45) is 8.19. The van der Waals surface area contributed by atoms with Crippen LogP contribution in [0.3, 0.4) is 0 Å². The number of piperidine rings is 1. The van der Waals surface area contributed by atoms with Crippen molar-refractivity contribution < 1.29 is 4.74 Å². The lowest BCUT2D eigenvalue weighted by Crippen LogP contribution is -2.41. The van der Waals surface area contributed by atoms with Crippen LogP contribution in [0.4, 0.5) is 5.82 Å². The largest absolute Gasteiger partial charge is 0.377 e. The van der Waals surface area contributed by atoms with Gasteiger partial charge in [-0.1, -0.05) is 12.8 Å². The van der Waals surface area contributed by atoms with E-state index >= 15 is 0 Å². The summed E-state index contributed by atoms with van der Waals surface area (Å²) in [5.41, 5.74) is 0.994. The second-order valence-electron chi connectivity index (χ2n) is 7.11. The second kappa shape index (κ2) is 8.06. The van der Waals surface area contributed by atoms with Crippen molar-refractivity contribution in [1.82, 2.24) is 14.9 Å². The summed E-state index contributed by atoms with van der Waals surface area (Å²) >= 11 is 0. The molecule has 0 unspecified atom stereocenters. The van der Waals surface area contributed by atoms with Gasteiger partial charge in [0.15, 0.2) is 5.82 Å². The Morgan fingerprint density at radius 3 is 2.61 bits per heavy atom. The molecule has 0 radical (unpaired) electrons. The average Bonchev–Trinajstić information content (AvgIpc) is 3.02. The molecule has 1 N–H and O–H groups in total. The van der Waals surface area contributed by atoms with Crippen LogP contribution in [0.5, 0.6) is 0 Å². The fourth-order valence-corrected chi connectivity index (χ4v) is 3.92. The number of aryl methyl sites for hydroxylation is 1. The standard InChI is InChI=1S/C18H30N4O/c1-14-11-17(21-18(19-14)13-23-2)20-16-7-9-22(10-8-16)12-15-5-3-4-6-15/h11,15-16H,3-10,12-13H2,1-2H3,(H,19,20,21). The number of hydrogen-bond donors (Lipinski definition) is 1. The fourth-order valence-electron chi connectivity index (χ4n) is 3.92. The van der Waals surface area contributed by atoms with Crippen molar-refractivity contribution in [2.24, 2.45) is 5.92 Å². The van der Waals surface area contributed by atoms with Gasteiger partial charge in [0.05, 0.1) is 0 Å². The monoisotopic (exact) mass is 318 g/mol. The summed E-state index contributed by atoms with van der Waals surface area (Å²) in [6, 6.07) is 2.56. The van der Waals surface area contributed by atoms with E-state index in [9.17, 15) is 0 Å². The molecular weight excluding hydrogens is 288 g/mol. The molecule has 1 saturated carbocycles. The Labute approximate surface area is 139 Å². The van der Waals surface area contributed by atoms with Gasteiger partial charge in [-0.3, -0.25) is 0 Å². The van der Waals surface area contributed by atoms with Gasteiger partial charge in [-0.05, 0) is 38.5 Å². The number of aromatic nitrogens is 2. The number of nitrogens with one attached hydrogen (secondary N) is 1. The molecule has 23 heavy (non-hydrogen) atoms. The van der Waals surface area contributed by atoms with Crippen molar-refractivity contribution in [3.63, 3.8) is 0 Å². The van der Waals surface area contributed by atoms with E-state index in [0.717, 1.165) is 23.3 Å². The molecule has 1 aromatic heterocycles. The highest BCUT2D eigenvalue weighted by Crippen LogP contribution is 2.26. The van der Waals surface area contributed by atoms with Gasteiger partial charge in [-0.2, -0.15) is 0 Å². The lowest BCUT2D eigenvalue weighted by atomic mass is 10.0. The number of nitrogens with zero attached hydrogens (tertiary/aromatic N) is 3. The zero-order valence-corrected chi connectivity index (χ0v) is 14.6. The molecule has 5 nitrogen and oxygen atoms in total. The topological polar surface area (TPSA) is 50.3 Å². The van der Waals surface area contributed by atoms with Gasteiger partial charge in [0.25, 0.3) is 0 Å². The van der Waals surface area contributed by atoms with E-state index in [1.807, 2.05) is 13.0 Å². The maximum absolute atomic E-state index is 5.15. The van der Waals surface area contributed by atoms with E-state index in [2.05, 4.69) is 20.2 Å². The van der Waals surface area contributed by atoms with E-state index in [4.69, 9.17) is 4.74 Å². The average molecular weight is 318 g/mol. The summed E-state index contributed by atoms with van der Waals surface area (Å²) < 4.78 is 5.15. The van der Waals surface area contributed by atoms with E-state index in [0.29, 0.717) is 12.6 Å². The third-order valence-corrected chi connectivity index (χ3v) is 5.10. The summed E-state index contributed by atoms with van der Waals surface area (Å²) in [4.78, 5) is 11.6. The number of methoxy groups -OCH3 is 1. The first-order valence-corrected chi connectivity index (χ1v) is 9.05. The lowest BCUT2D eigenvalue weighted by molar-refractivity contribution is 0.177. The number of rotatable bonds is 6. The molecule has 1 aliphatic carbocycles. The maximum Gasteiger partial charge on any atom is 0.156 e. The third kappa shape index (κ3) is 4.88. The van der Waals surface area contributed by atoms with E-state index in [1.54, 1.807) is 7.11 Å². The summed E-state index contributed by atoms with van der Waals surface area (Å²) in [6.45, 7) is 6.22. The molecule has 0 bridgehead atoms. The van der Waals surface area contributed by atoms with Crippen LogP contribution in [0.15, 0.2) is 6.07 Å². The molecule has 1 saturated heterocycles. The minimum atomic E-state index is 0.468. The zero-order chi connectivity index (χ0) is 16.1. The van der Waals surface area contributed by atoms with Crippen LogP contribution in [0.25, 0.3) is 0 Å². The Bertz CT molecular complexity index is 494. The Balaban J connectivity index is 1.48. The van der Waals surface area contributed by atoms with Crippen molar-refractivity contribution in [2.75, 3.05) is 32.1 Å². The van der Waals surface area contributed by atoms with Gasteiger partial charge in [-0.15, -0.1) is 0 Å². The molecule has 0 amide bonds. The number of likely N-dealkylation sites (tertiary alicyclic amines) is 1. The molecule has 2 fully saturated rings. The Hall–Kier alpha value is -1.20. The molecule has 128 valence electrons. The van der Waals surface area contributed by atoms with Gasteiger partial charge in [0.1, 0.15) is 12.4 Å². The van der Waals surface area contributed by atoms with Crippen molar-refractivity contribution in [3.05, 3.63) is 17.6 Å². The Morgan fingerprint density at radius 1 is 1.17 bits per heavy atom. The number of hydrogen-bond acceptors (Lipinski definition) is 5. The Morgan fingerprint density at radius 2 is 1.91 bits per heavy atom. The third-order valence-electron chi connectivity index (χ3n) is 5.10. The molecule has 2 aliphatic rings. The Kier molecular flexibility index (Phi) is 5.84. The van der Waals surface area contributed by atoms with Crippen LogP contribution in [0.2, 0.25) is 0 Å². The highest BCUT2D eigenvalue weighted by molar-refractivity contribution is 5.37. The van der Waals surface area contributed by atoms with Gasteiger partial charge in [0, 0.05) is 44.5 Å². The van der Waals surface area contributed by atoms with Gasteiger partial charge < -0.3 is 15.0 Å². The normalized spacial score (nSPS) is 21.0. The first kappa shape index (κ1) is 16.7. The first-order chi connectivity index (χ1) is 11.2. The predicted octanol–water partition coefficient (Wildman–Crippen LogP) is 3.00. The number of anilines is 1. The van der Waals surface area contributed by atoms with Crippen LogP contribution < -0.4 is 5.32 Å². The highest BCUT2D eigenvalue weighted by Gasteiger charge is 2.23. The molecule has 5 heteroatoms. The van der Waals surface area contributed by atoms with Crippen LogP contribution in [0.1, 0.15) is 50.0 Å². The molecule has 0 spiro atoms. The highest BCUT2D eigenvalue weighted by atomic mass is 16.5. The number of ether oxygens (including phenoxy) is 1. The summed E-state index contributed by atoms with van der Waals surface area (Å²) in [7, 11) is 1.68. The van der Waals surface area contributed by atoms with Gasteiger partial charge in [0.2, 0.25) is 0 Å². The smallest absolute Gasteiger partial charge is 0.156 e. The van der Waals surface area contributed by atoms with Crippen LogP contribution in [0, 0.1) is 12.8 Å². The lowest BCUT2D eigenvalue weighted by Gasteiger charge is -2.34. The minimum Gasteiger partial charge on any atom is -0.377 e. The molecule has 2 heterocycles. The summed E-state index contributed by atoms with van der Waals surface area (Å²) in [5.74, 6) is 2.66. The van der Waals surface area contributed by atoms with Gasteiger partial charge >= 0.3 is 0 Å². The van der Waals surface area contributed by atoms with Crippen molar-refractivity contribution in [3.8, 4) is 0 Å². The van der Waals surface area contributed by atoms with Crippen LogP contribution in [-0.4, -0.2) is 47.7 Å². The molecular formula is C18H30N4O. The van der Waals surface area contributed by atoms with Crippen molar-refractivity contribution >= 4 is 5.82 Å². The summed E-state index contributed by atoms with van der Waals surface area (Å²) in [5, 5.41) is 3.60. The van der Waals surface area contributed by atoms with E-state index < -0.39 is 0 Å². The zero-order valence-electron chi connectivity index (χ0n) is 14.6. The van der Waals surface area contributed by atoms with E-state index in [-0.39, 0.29) is 0 Å². The minimum absolute atomic E-state index is 0.468. The fraction of sp³-hybridized carbons (Fsp3) is 0.778. The SMILES string of the molecule is COCc1nc(C)cc(NC2CCN(CC3CCCC3)CC2)n1. The molecule has 0 atom stereocenters. The first-order valence-electron chi connectivity index (χ1n) is 9.05. The molecule has 0 aromatic carbocycles. The van der Waals surface area contributed by atoms with Gasteiger partial charge in [-0.25, -0.2) is 9.97 Å². The maximum atomic E-state index is 5.15. The molecule has 1 aromatic rings. The van der Waals surface area contributed by atoms with Crippen molar-refractivity contribution in [1.29, 1.82) is 0 Å². The molecule has 1 aliphatic heterocycles.